The summed E-state index contributed by atoms with van der Waals surface area (Å²) in [5.74, 6) is 0. The third-order valence-electron chi connectivity index (χ3n) is 1.91. The summed E-state index contributed by atoms with van der Waals surface area (Å²) in [6, 6.07) is 5.97. The predicted octanol–water partition coefficient (Wildman–Crippen LogP) is 2.28. The van der Waals surface area contributed by atoms with Crippen LogP contribution in [0.25, 0.3) is 5.65 Å². The lowest BCUT2D eigenvalue weighted by Gasteiger charge is -2.01. The molecule has 0 radical (unpaired) electrons. The van der Waals surface area contributed by atoms with Gasteiger partial charge in [0.1, 0.15) is 11.8 Å². The number of hydrogen-bond donors (Lipinski definition) is 0. The van der Waals surface area contributed by atoms with Crippen LogP contribution >= 0.6 is 15.9 Å². The molecule has 0 unspecified atom stereocenters. The van der Waals surface area contributed by atoms with Crippen LogP contribution in [-0.2, 0) is 0 Å². The van der Waals surface area contributed by atoms with E-state index >= 15 is 0 Å². The maximum Gasteiger partial charge on any atom is 0.152 e. The fourth-order valence-corrected chi connectivity index (χ4v) is 1.71. The average Bonchev–Trinajstić information content (AvgIpc) is 2.56. The van der Waals surface area contributed by atoms with Crippen LogP contribution in [0.2, 0.25) is 0 Å². The zero-order valence-electron chi connectivity index (χ0n) is 6.95. The molecule has 0 aliphatic carbocycles. The highest BCUT2D eigenvalue weighted by atomic mass is 79.9. The summed E-state index contributed by atoms with van der Waals surface area (Å²) in [6.45, 7) is 1.95. The van der Waals surface area contributed by atoms with Crippen LogP contribution in [-0.4, -0.2) is 9.38 Å². The number of rotatable bonds is 0. The van der Waals surface area contributed by atoms with E-state index < -0.39 is 0 Å². The Labute approximate surface area is 83.8 Å². The molecule has 2 rings (SSSR count). The lowest BCUT2D eigenvalue weighted by atomic mass is 10.3. The van der Waals surface area contributed by atoms with Crippen molar-refractivity contribution < 1.29 is 0 Å². The molecule has 0 aliphatic heterocycles. The molecule has 0 atom stereocenters. The molecule has 0 amide bonds. The quantitative estimate of drug-likeness (QED) is 0.704. The first-order valence-electron chi connectivity index (χ1n) is 3.76. The first kappa shape index (κ1) is 8.27. The van der Waals surface area contributed by atoms with E-state index in [1.807, 2.05) is 23.5 Å². The van der Waals surface area contributed by atoms with Crippen molar-refractivity contribution in [3.05, 3.63) is 34.2 Å². The minimum atomic E-state index is 0.564. The van der Waals surface area contributed by atoms with Gasteiger partial charge in [0.15, 0.2) is 5.65 Å². The fraction of sp³-hybridized carbons (Fsp3) is 0.111. The molecule has 0 aliphatic rings. The Morgan fingerprint density at radius 3 is 3.00 bits per heavy atom. The summed E-state index contributed by atoms with van der Waals surface area (Å²) in [7, 11) is 0. The Balaban J connectivity index is 2.98. The molecule has 0 N–H and O–H groups in total. The highest BCUT2D eigenvalue weighted by molar-refractivity contribution is 9.10. The number of aryl methyl sites for hydroxylation is 1. The van der Waals surface area contributed by atoms with Crippen molar-refractivity contribution >= 4 is 21.6 Å². The zero-order valence-corrected chi connectivity index (χ0v) is 8.54. The Hall–Kier alpha value is -1.34. The van der Waals surface area contributed by atoms with Crippen LogP contribution in [0.5, 0.6) is 0 Å². The van der Waals surface area contributed by atoms with Gasteiger partial charge < -0.3 is 0 Å². The molecule has 4 heteroatoms. The molecule has 0 saturated heterocycles. The van der Waals surface area contributed by atoms with Crippen molar-refractivity contribution in [2.24, 2.45) is 0 Å². The number of nitrogens with zero attached hydrogens (tertiary/aromatic N) is 3. The molecule has 0 fully saturated rings. The maximum atomic E-state index is 8.81. The highest BCUT2D eigenvalue weighted by Crippen LogP contribution is 2.19. The fourth-order valence-electron chi connectivity index (χ4n) is 1.30. The van der Waals surface area contributed by atoms with Gasteiger partial charge in [0, 0.05) is 5.69 Å². The van der Waals surface area contributed by atoms with Gasteiger partial charge in [-0.25, -0.2) is 4.98 Å². The zero-order chi connectivity index (χ0) is 9.42. The molecule has 3 nitrogen and oxygen atoms in total. The second kappa shape index (κ2) is 2.86. The van der Waals surface area contributed by atoms with Gasteiger partial charge in [-0.05, 0) is 35.0 Å². The highest BCUT2D eigenvalue weighted by Gasteiger charge is 2.06. The second-order valence-corrected chi connectivity index (χ2v) is 3.59. The van der Waals surface area contributed by atoms with Gasteiger partial charge in [-0.15, -0.1) is 0 Å². The second-order valence-electron chi connectivity index (χ2n) is 2.74. The summed E-state index contributed by atoms with van der Waals surface area (Å²) >= 11 is 3.38. The van der Waals surface area contributed by atoms with Crippen molar-refractivity contribution in [3.8, 4) is 6.07 Å². The van der Waals surface area contributed by atoms with Crippen molar-refractivity contribution in [1.82, 2.24) is 9.38 Å². The Kier molecular flexibility index (Phi) is 1.82. The van der Waals surface area contributed by atoms with Gasteiger partial charge in [0.25, 0.3) is 0 Å². The normalized spacial score (nSPS) is 10.2. The number of imidazole rings is 1. The predicted molar refractivity (Wildman–Crippen MR) is 52.3 cm³/mol. The van der Waals surface area contributed by atoms with Gasteiger partial charge in [0.05, 0.1) is 10.7 Å². The molecule has 13 heavy (non-hydrogen) atoms. The summed E-state index contributed by atoms with van der Waals surface area (Å²) in [5, 5.41) is 8.81. The summed E-state index contributed by atoms with van der Waals surface area (Å²) in [6.07, 6.45) is 1.58. The molecule has 2 aromatic heterocycles. The van der Waals surface area contributed by atoms with Crippen LogP contribution in [0, 0.1) is 18.3 Å². The van der Waals surface area contributed by atoms with Crippen LogP contribution < -0.4 is 0 Å². The molecule has 2 heterocycles. The number of hydrogen-bond acceptors (Lipinski definition) is 2. The smallest absolute Gasteiger partial charge is 0.152 e. The molecule has 0 saturated carbocycles. The monoisotopic (exact) mass is 235 g/mol. The van der Waals surface area contributed by atoms with Gasteiger partial charge in [-0.2, -0.15) is 5.26 Å². The van der Waals surface area contributed by atoms with Crippen molar-refractivity contribution in [2.75, 3.05) is 0 Å². The van der Waals surface area contributed by atoms with E-state index in [2.05, 4.69) is 27.0 Å². The largest absolute Gasteiger partial charge is 0.288 e. The third kappa shape index (κ3) is 1.12. The number of pyridine rings is 1. The maximum absolute atomic E-state index is 8.81. The van der Waals surface area contributed by atoms with E-state index in [-0.39, 0.29) is 0 Å². The van der Waals surface area contributed by atoms with Gasteiger partial charge in [0.2, 0.25) is 0 Å². The van der Waals surface area contributed by atoms with Crippen LogP contribution in [0.15, 0.2) is 22.8 Å². The third-order valence-corrected chi connectivity index (χ3v) is 2.53. The molecular formula is C9H6BrN3. The van der Waals surface area contributed by atoms with Crippen molar-refractivity contribution in [2.45, 2.75) is 6.92 Å². The first-order valence-corrected chi connectivity index (χ1v) is 4.56. The topological polar surface area (TPSA) is 41.1 Å². The van der Waals surface area contributed by atoms with E-state index in [0.717, 1.165) is 15.8 Å². The average molecular weight is 236 g/mol. The van der Waals surface area contributed by atoms with E-state index in [0.29, 0.717) is 5.69 Å². The van der Waals surface area contributed by atoms with E-state index in [4.69, 9.17) is 5.26 Å². The minimum absolute atomic E-state index is 0.564. The molecular weight excluding hydrogens is 230 g/mol. The number of nitriles is 1. The molecule has 0 spiro atoms. The first-order chi connectivity index (χ1) is 6.24. The van der Waals surface area contributed by atoms with Gasteiger partial charge >= 0.3 is 0 Å². The van der Waals surface area contributed by atoms with Crippen LogP contribution in [0.3, 0.4) is 0 Å². The van der Waals surface area contributed by atoms with Crippen LogP contribution in [0.4, 0.5) is 0 Å². The van der Waals surface area contributed by atoms with E-state index in [1.54, 1.807) is 6.20 Å². The summed E-state index contributed by atoms with van der Waals surface area (Å²) < 4.78 is 2.73. The van der Waals surface area contributed by atoms with Crippen LogP contribution in [0.1, 0.15) is 11.4 Å². The van der Waals surface area contributed by atoms with Gasteiger partial charge in [-0.1, -0.05) is 0 Å². The Bertz CT molecular complexity index is 507. The number of aromatic nitrogens is 2. The minimum Gasteiger partial charge on any atom is -0.288 e. The molecule has 0 bridgehead atoms. The SMILES string of the molecule is Cc1ccc(Br)c2ncc(C#N)n12. The number of halogens is 1. The summed E-state index contributed by atoms with van der Waals surface area (Å²) in [4.78, 5) is 4.14. The van der Waals surface area contributed by atoms with Crippen molar-refractivity contribution in [1.29, 1.82) is 5.26 Å². The van der Waals surface area contributed by atoms with Gasteiger partial charge in [-0.3, -0.25) is 4.40 Å². The Morgan fingerprint density at radius 2 is 2.31 bits per heavy atom. The Morgan fingerprint density at radius 1 is 1.54 bits per heavy atom. The standard InChI is InChI=1S/C9H6BrN3/c1-6-2-3-8(10)9-12-5-7(4-11)13(6)9/h2-3,5H,1H3. The molecule has 2 aromatic rings. The molecule has 64 valence electrons. The van der Waals surface area contributed by atoms with Crippen molar-refractivity contribution in [3.63, 3.8) is 0 Å². The lowest BCUT2D eigenvalue weighted by Crippen LogP contribution is -1.93. The lowest BCUT2D eigenvalue weighted by molar-refractivity contribution is 1.07. The molecule has 0 aromatic carbocycles. The number of fused-ring (bicyclic) bond motifs is 1. The van der Waals surface area contributed by atoms with E-state index in [1.165, 1.54) is 0 Å². The summed E-state index contributed by atoms with van der Waals surface area (Å²) in [5.41, 5.74) is 2.36. The van der Waals surface area contributed by atoms with E-state index in [9.17, 15) is 0 Å².